The molecule has 2 nitrogen and oxygen atoms in total. The van der Waals surface area contributed by atoms with Crippen molar-refractivity contribution < 1.29 is 0 Å². The van der Waals surface area contributed by atoms with E-state index in [9.17, 15) is 0 Å². The third-order valence-electron chi connectivity index (χ3n) is 2.97. The topological polar surface area (TPSA) is 15.6 Å². The minimum Gasteiger partial charge on any atom is -0.312 e. The normalized spacial score (nSPS) is 17.8. The Morgan fingerprint density at radius 3 is 1.32 bits per heavy atom. The average molecular weight is 357 g/mol. The number of halogens is 1. The highest BCUT2D eigenvalue weighted by Crippen LogP contribution is 2.66. The molecule has 0 heterocycles. The van der Waals surface area contributed by atoms with Crippen molar-refractivity contribution in [3.05, 3.63) is 0 Å². The van der Waals surface area contributed by atoms with Crippen molar-refractivity contribution >= 4 is 42.2 Å². The SMILES string of the molecule is CN(C)P(Cl)(=N[Si](C)(C)C)C([Si](C)(C)C)[Si](C)(C)C. The van der Waals surface area contributed by atoms with Crippen LogP contribution in [0, 0.1) is 0 Å². The lowest BCUT2D eigenvalue weighted by atomic mass is 11.3. The third-order valence-corrected chi connectivity index (χ3v) is 26.7. The van der Waals surface area contributed by atoms with Gasteiger partial charge < -0.3 is 4.41 Å². The van der Waals surface area contributed by atoms with E-state index in [1.54, 1.807) is 0 Å². The molecule has 0 spiro atoms. The summed E-state index contributed by atoms with van der Waals surface area (Å²) in [5.74, 6) is 0. The molecule has 0 aromatic heterocycles. The molecule has 1 atom stereocenters. The van der Waals surface area contributed by atoms with Crippen LogP contribution in [0.2, 0.25) is 58.9 Å². The molecule has 0 N–H and O–H groups in total. The van der Waals surface area contributed by atoms with E-state index in [0.29, 0.717) is 4.91 Å². The Morgan fingerprint density at radius 1 is 0.842 bits per heavy atom. The van der Waals surface area contributed by atoms with Gasteiger partial charge in [0.05, 0.1) is 16.1 Å². The maximum Gasteiger partial charge on any atom is 0.173 e. The smallest absolute Gasteiger partial charge is 0.173 e. The van der Waals surface area contributed by atoms with Crippen molar-refractivity contribution in [2.45, 2.75) is 63.8 Å². The standard InChI is InChI=1S/C12H34ClN2PSi3/c1-15(2)16(13,14-19(9,10)11)12(17(3,4)5)18(6,7)8/h12H,1-11H3. The molecule has 0 saturated carbocycles. The van der Waals surface area contributed by atoms with E-state index in [2.05, 4.69) is 77.7 Å². The first-order valence-electron chi connectivity index (χ1n) is 7.02. The minimum atomic E-state index is -1.90. The predicted molar refractivity (Wildman–Crippen MR) is 103 cm³/mol. The van der Waals surface area contributed by atoms with Crippen molar-refractivity contribution in [1.82, 2.24) is 4.67 Å². The Bertz CT molecular complexity index is 351. The van der Waals surface area contributed by atoms with Crippen LogP contribution in [-0.4, -0.2) is 48.1 Å². The summed E-state index contributed by atoms with van der Waals surface area (Å²) >= 11 is 7.27. The second-order valence-electron chi connectivity index (χ2n) is 8.82. The lowest BCUT2D eigenvalue weighted by molar-refractivity contribution is 0.678. The maximum absolute atomic E-state index is 7.27. The van der Waals surface area contributed by atoms with Gasteiger partial charge in [-0.05, 0) is 33.7 Å². The second-order valence-corrected chi connectivity index (χ2v) is 30.1. The largest absolute Gasteiger partial charge is 0.312 e. The highest BCUT2D eigenvalue weighted by molar-refractivity contribution is 7.93. The first kappa shape index (κ1) is 20.1. The van der Waals surface area contributed by atoms with Crippen molar-refractivity contribution in [3.63, 3.8) is 0 Å². The van der Waals surface area contributed by atoms with Gasteiger partial charge in [-0.2, -0.15) is 0 Å². The minimum absolute atomic E-state index is 0.649. The van der Waals surface area contributed by atoms with Crippen LogP contribution in [0.4, 0.5) is 0 Å². The summed E-state index contributed by atoms with van der Waals surface area (Å²) in [7, 11) is 0.0345. The van der Waals surface area contributed by atoms with Gasteiger partial charge in [0.25, 0.3) is 0 Å². The maximum atomic E-state index is 7.27. The molecular weight excluding hydrogens is 323 g/mol. The summed E-state index contributed by atoms with van der Waals surface area (Å²) in [4.78, 5) is 0.649. The fraction of sp³-hybridized carbons (Fsp3) is 1.00. The van der Waals surface area contributed by atoms with Gasteiger partial charge in [0, 0.05) is 4.91 Å². The second kappa shape index (κ2) is 6.09. The van der Waals surface area contributed by atoms with Crippen LogP contribution in [-0.2, 0) is 0 Å². The molecule has 0 radical (unpaired) electrons. The van der Waals surface area contributed by atoms with Crippen molar-refractivity contribution in [1.29, 1.82) is 0 Å². The highest BCUT2D eigenvalue weighted by Gasteiger charge is 2.48. The van der Waals surface area contributed by atoms with E-state index >= 15 is 0 Å². The van der Waals surface area contributed by atoms with Crippen LogP contribution in [0.5, 0.6) is 0 Å². The Balaban J connectivity index is 6.21. The van der Waals surface area contributed by atoms with E-state index in [-0.39, 0.29) is 0 Å². The van der Waals surface area contributed by atoms with Crippen LogP contribution in [0.15, 0.2) is 4.41 Å². The summed E-state index contributed by atoms with van der Waals surface area (Å²) < 4.78 is 7.56. The molecule has 0 aromatic carbocycles. The Hall–Kier alpha value is 1.13. The fourth-order valence-electron chi connectivity index (χ4n) is 3.08. The molecule has 0 aliphatic rings. The molecule has 19 heavy (non-hydrogen) atoms. The molecule has 0 aromatic rings. The Labute approximate surface area is 129 Å². The van der Waals surface area contributed by atoms with E-state index in [1.165, 1.54) is 0 Å². The number of nitrogens with zero attached hydrogens (tertiary/aromatic N) is 2. The van der Waals surface area contributed by atoms with Gasteiger partial charge >= 0.3 is 0 Å². The molecule has 116 valence electrons. The Kier molecular flexibility index (Phi) is 6.45. The monoisotopic (exact) mass is 356 g/mol. The summed E-state index contributed by atoms with van der Waals surface area (Å²) in [5, 5.41) is 0. The molecule has 0 aliphatic carbocycles. The molecule has 7 heteroatoms. The Morgan fingerprint density at radius 2 is 1.16 bits per heavy atom. The van der Waals surface area contributed by atoms with Gasteiger partial charge in [-0.25, -0.2) is 0 Å². The lowest BCUT2D eigenvalue weighted by Crippen LogP contribution is -2.54. The van der Waals surface area contributed by atoms with E-state index in [4.69, 9.17) is 15.7 Å². The first-order valence-corrected chi connectivity index (χ1v) is 20.3. The molecule has 1 unspecified atom stereocenters. The summed E-state index contributed by atoms with van der Waals surface area (Å²) in [6, 6.07) is 0. The van der Waals surface area contributed by atoms with Gasteiger partial charge in [-0.15, -0.1) is 0 Å². The quantitative estimate of drug-likeness (QED) is 0.450. The third kappa shape index (κ3) is 5.79. The fourth-order valence-corrected chi connectivity index (χ4v) is 36.1. The molecule has 0 bridgehead atoms. The van der Waals surface area contributed by atoms with Crippen molar-refractivity contribution in [2.75, 3.05) is 14.1 Å². The van der Waals surface area contributed by atoms with E-state index in [0.717, 1.165) is 0 Å². The molecule has 0 rings (SSSR count). The zero-order valence-electron chi connectivity index (χ0n) is 14.8. The zero-order valence-corrected chi connectivity index (χ0v) is 19.4. The molecule has 0 fully saturated rings. The van der Waals surface area contributed by atoms with Crippen molar-refractivity contribution in [3.8, 4) is 0 Å². The predicted octanol–water partition coefficient (Wildman–Crippen LogP) is 5.78. The molecule has 0 aliphatic heterocycles. The summed E-state index contributed by atoms with van der Waals surface area (Å²) in [6.07, 6.45) is 0. The average Bonchev–Trinajstić information content (AvgIpc) is 1.91. The number of hydrogen-bond donors (Lipinski definition) is 0. The van der Waals surface area contributed by atoms with Gasteiger partial charge in [-0.1, -0.05) is 50.5 Å². The number of rotatable bonds is 5. The van der Waals surface area contributed by atoms with Crippen LogP contribution in [0.1, 0.15) is 0 Å². The zero-order chi connectivity index (χ0) is 15.9. The first-order chi connectivity index (χ1) is 8.02. The van der Waals surface area contributed by atoms with Gasteiger partial charge in [-0.3, -0.25) is 4.67 Å². The van der Waals surface area contributed by atoms with Crippen LogP contribution >= 0.6 is 17.8 Å². The lowest BCUT2D eigenvalue weighted by Gasteiger charge is -2.47. The van der Waals surface area contributed by atoms with E-state index in [1.807, 2.05) is 0 Å². The molecular formula is C12H34ClN2PSi3. The van der Waals surface area contributed by atoms with Gasteiger partial charge in [0.15, 0.2) is 8.24 Å². The van der Waals surface area contributed by atoms with Gasteiger partial charge in [0.2, 0.25) is 0 Å². The number of hydrogen-bond acceptors (Lipinski definition) is 1. The van der Waals surface area contributed by atoms with Crippen molar-refractivity contribution in [2.24, 2.45) is 4.41 Å². The van der Waals surface area contributed by atoms with Gasteiger partial charge in [0.1, 0.15) is 6.56 Å². The summed E-state index contributed by atoms with van der Waals surface area (Å²) in [5.41, 5.74) is 0. The van der Waals surface area contributed by atoms with Crippen LogP contribution < -0.4 is 0 Å². The summed E-state index contributed by atoms with van der Waals surface area (Å²) in [6.45, 7) is 19.8. The van der Waals surface area contributed by atoms with Crippen LogP contribution in [0.3, 0.4) is 0 Å². The van der Waals surface area contributed by atoms with E-state index < -0.39 is 30.9 Å². The highest BCUT2D eigenvalue weighted by atomic mass is 35.7. The molecule has 0 saturated heterocycles. The van der Waals surface area contributed by atoms with Crippen LogP contribution in [0.25, 0.3) is 0 Å². The molecule has 0 amide bonds.